The van der Waals surface area contributed by atoms with Crippen LogP contribution in [0.4, 0.5) is 5.69 Å². The number of nitrogens with one attached hydrogen (secondary N) is 1. The molecule has 0 fully saturated rings. The SMILES string of the molecule is CCNC(=O)[C@H](Cc1ccccc1)N(Cc1cccc(Br)c1)C(=O)Cc1ccccc1[N+](=O)[O-]. The smallest absolute Gasteiger partial charge is 0.273 e. The molecule has 176 valence electrons. The monoisotopic (exact) mass is 523 g/mol. The summed E-state index contributed by atoms with van der Waals surface area (Å²) in [5.41, 5.74) is 1.95. The van der Waals surface area contributed by atoms with Gasteiger partial charge in [0.1, 0.15) is 6.04 Å². The predicted octanol–water partition coefficient (Wildman–Crippen LogP) is 4.68. The van der Waals surface area contributed by atoms with Crippen molar-refractivity contribution < 1.29 is 14.5 Å². The Morgan fingerprint density at radius 3 is 2.35 bits per heavy atom. The number of hydrogen-bond acceptors (Lipinski definition) is 4. The molecular formula is C26H26BrN3O4. The van der Waals surface area contributed by atoms with Gasteiger partial charge >= 0.3 is 0 Å². The van der Waals surface area contributed by atoms with E-state index in [1.54, 1.807) is 18.2 Å². The Morgan fingerprint density at radius 2 is 1.68 bits per heavy atom. The molecule has 8 heteroatoms. The molecule has 0 heterocycles. The molecule has 0 aliphatic heterocycles. The predicted molar refractivity (Wildman–Crippen MR) is 134 cm³/mol. The molecule has 0 saturated heterocycles. The summed E-state index contributed by atoms with van der Waals surface area (Å²) in [5, 5.41) is 14.3. The first kappa shape index (κ1) is 25.1. The second kappa shape index (κ2) is 12.1. The van der Waals surface area contributed by atoms with Crippen LogP contribution in [0.15, 0.2) is 83.3 Å². The molecule has 0 unspecified atom stereocenters. The van der Waals surface area contributed by atoms with E-state index in [1.807, 2.05) is 61.5 Å². The highest BCUT2D eigenvalue weighted by Crippen LogP contribution is 2.22. The minimum atomic E-state index is -0.781. The summed E-state index contributed by atoms with van der Waals surface area (Å²) in [5.74, 6) is -0.626. The summed E-state index contributed by atoms with van der Waals surface area (Å²) in [6, 6.07) is 22.4. The number of likely N-dealkylation sites (N-methyl/N-ethyl adjacent to an activating group) is 1. The van der Waals surface area contributed by atoms with Crippen molar-refractivity contribution in [1.29, 1.82) is 0 Å². The Labute approximate surface area is 207 Å². The lowest BCUT2D eigenvalue weighted by atomic mass is 10.0. The van der Waals surface area contributed by atoms with Gasteiger partial charge in [0.2, 0.25) is 11.8 Å². The van der Waals surface area contributed by atoms with Crippen LogP contribution in [0.25, 0.3) is 0 Å². The fourth-order valence-electron chi connectivity index (χ4n) is 3.78. The van der Waals surface area contributed by atoms with Crippen LogP contribution in [-0.4, -0.2) is 34.2 Å². The molecule has 0 aromatic heterocycles. The summed E-state index contributed by atoms with van der Waals surface area (Å²) in [6.45, 7) is 2.44. The highest BCUT2D eigenvalue weighted by atomic mass is 79.9. The number of halogens is 1. The van der Waals surface area contributed by atoms with Crippen molar-refractivity contribution in [3.05, 3.63) is 110 Å². The van der Waals surface area contributed by atoms with Gasteiger partial charge in [0.05, 0.1) is 11.3 Å². The van der Waals surface area contributed by atoms with Gasteiger partial charge in [-0.15, -0.1) is 0 Å². The lowest BCUT2D eigenvalue weighted by Gasteiger charge is -2.31. The van der Waals surface area contributed by atoms with Gasteiger partial charge in [0.15, 0.2) is 0 Å². The molecular weight excluding hydrogens is 498 g/mol. The second-order valence-electron chi connectivity index (χ2n) is 7.81. The van der Waals surface area contributed by atoms with E-state index >= 15 is 0 Å². The van der Waals surface area contributed by atoms with E-state index in [1.165, 1.54) is 11.0 Å². The first-order chi connectivity index (χ1) is 16.4. The number of para-hydroxylation sites is 1. The summed E-state index contributed by atoms with van der Waals surface area (Å²) < 4.78 is 0.855. The number of nitro benzene ring substituents is 1. The molecule has 3 aromatic carbocycles. The molecule has 0 saturated carbocycles. The molecule has 0 aliphatic rings. The molecule has 7 nitrogen and oxygen atoms in total. The molecule has 1 N–H and O–H groups in total. The number of benzene rings is 3. The van der Waals surface area contributed by atoms with Crippen molar-refractivity contribution >= 4 is 33.4 Å². The maximum Gasteiger partial charge on any atom is 0.273 e. The third-order valence-corrected chi connectivity index (χ3v) is 5.89. The first-order valence-corrected chi connectivity index (χ1v) is 11.8. The highest BCUT2D eigenvalue weighted by Gasteiger charge is 2.31. The number of amides is 2. The van der Waals surface area contributed by atoms with Gasteiger partial charge in [-0.25, -0.2) is 0 Å². The lowest BCUT2D eigenvalue weighted by Crippen LogP contribution is -2.51. The van der Waals surface area contributed by atoms with Crippen LogP contribution in [0.5, 0.6) is 0 Å². The third-order valence-electron chi connectivity index (χ3n) is 5.39. The van der Waals surface area contributed by atoms with Gasteiger partial charge in [0, 0.05) is 35.6 Å². The number of nitro groups is 1. The average molecular weight is 524 g/mol. The first-order valence-electron chi connectivity index (χ1n) is 11.0. The molecule has 2 amide bonds. The van der Waals surface area contributed by atoms with Crippen LogP contribution in [0.3, 0.4) is 0 Å². The third kappa shape index (κ3) is 6.74. The van der Waals surface area contributed by atoms with Crippen molar-refractivity contribution in [2.75, 3.05) is 6.54 Å². The van der Waals surface area contributed by atoms with E-state index in [0.29, 0.717) is 18.5 Å². The molecule has 3 aromatic rings. The van der Waals surface area contributed by atoms with Gasteiger partial charge < -0.3 is 10.2 Å². The average Bonchev–Trinajstić information content (AvgIpc) is 2.82. The zero-order valence-corrected chi connectivity index (χ0v) is 20.4. The van der Waals surface area contributed by atoms with Crippen molar-refractivity contribution in [3.8, 4) is 0 Å². The molecule has 0 bridgehead atoms. The summed E-state index contributed by atoms with van der Waals surface area (Å²) >= 11 is 3.46. The molecule has 0 spiro atoms. The number of hydrogen-bond donors (Lipinski definition) is 1. The van der Waals surface area contributed by atoms with Crippen LogP contribution >= 0.6 is 15.9 Å². The Hall–Kier alpha value is -3.52. The highest BCUT2D eigenvalue weighted by molar-refractivity contribution is 9.10. The quantitative estimate of drug-likeness (QED) is 0.308. The molecule has 1 atom stereocenters. The van der Waals surface area contributed by atoms with Crippen LogP contribution in [0, 0.1) is 10.1 Å². The van der Waals surface area contributed by atoms with E-state index in [4.69, 9.17) is 0 Å². The van der Waals surface area contributed by atoms with Crippen LogP contribution < -0.4 is 5.32 Å². The maximum absolute atomic E-state index is 13.6. The molecule has 3 rings (SSSR count). The van der Waals surface area contributed by atoms with Gasteiger partial charge in [-0.2, -0.15) is 0 Å². The Morgan fingerprint density at radius 1 is 1.00 bits per heavy atom. The Bertz CT molecular complexity index is 1150. The fraction of sp³-hybridized carbons (Fsp3) is 0.231. The zero-order chi connectivity index (χ0) is 24.5. The Balaban J connectivity index is 2.00. The summed E-state index contributed by atoms with van der Waals surface area (Å²) in [6.07, 6.45) is 0.138. The van der Waals surface area contributed by atoms with E-state index in [0.717, 1.165) is 15.6 Å². The van der Waals surface area contributed by atoms with Gasteiger partial charge in [0.25, 0.3) is 5.69 Å². The van der Waals surface area contributed by atoms with Gasteiger partial charge in [-0.05, 0) is 30.2 Å². The minimum absolute atomic E-state index is 0.115. The molecule has 34 heavy (non-hydrogen) atoms. The van der Waals surface area contributed by atoms with E-state index in [-0.39, 0.29) is 30.5 Å². The summed E-state index contributed by atoms with van der Waals surface area (Å²) in [4.78, 5) is 39.3. The summed E-state index contributed by atoms with van der Waals surface area (Å²) in [7, 11) is 0. The topological polar surface area (TPSA) is 92.6 Å². The van der Waals surface area contributed by atoms with Gasteiger partial charge in [-0.3, -0.25) is 19.7 Å². The van der Waals surface area contributed by atoms with Crippen molar-refractivity contribution in [2.45, 2.75) is 32.4 Å². The standard InChI is InChI=1S/C26H26BrN3O4/c1-2-28-26(32)24(16-19-9-4-3-5-10-19)29(18-20-11-8-13-22(27)15-20)25(31)17-21-12-6-7-14-23(21)30(33)34/h3-15,24H,2,16-18H2,1H3,(H,28,32)/t24-/m0/s1. The number of nitrogens with zero attached hydrogens (tertiary/aromatic N) is 2. The van der Waals surface area contributed by atoms with Crippen molar-refractivity contribution in [3.63, 3.8) is 0 Å². The van der Waals surface area contributed by atoms with Crippen LogP contribution in [0.2, 0.25) is 0 Å². The van der Waals surface area contributed by atoms with E-state index < -0.39 is 11.0 Å². The second-order valence-corrected chi connectivity index (χ2v) is 8.73. The maximum atomic E-state index is 13.6. The van der Waals surface area contributed by atoms with Crippen LogP contribution in [0.1, 0.15) is 23.6 Å². The van der Waals surface area contributed by atoms with Crippen molar-refractivity contribution in [2.24, 2.45) is 0 Å². The zero-order valence-electron chi connectivity index (χ0n) is 18.8. The lowest BCUT2D eigenvalue weighted by molar-refractivity contribution is -0.385. The minimum Gasteiger partial charge on any atom is -0.355 e. The largest absolute Gasteiger partial charge is 0.355 e. The fourth-order valence-corrected chi connectivity index (χ4v) is 4.23. The number of rotatable bonds is 10. The normalized spacial score (nSPS) is 11.5. The van der Waals surface area contributed by atoms with Gasteiger partial charge in [-0.1, -0.05) is 76.6 Å². The Kier molecular flexibility index (Phi) is 8.93. The van der Waals surface area contributed by atoms with Crippen molar-refractivity contribution in [1.82, 2.24) is 10.2 Å². The number of carbonyl (C=O) groups excluding carboxylic acids is 2. The molecule has 0 aliphatic carbocycles. The van der Waals surface area contributed by atoms with E-state index in [9.17, 15) is 19.7 Å². The van der Waals surface area contributed by atoms with E-state index in [2.05, 4.69) is 21.2 Å². The number of carbonyl (C=O) groups is 2. The molecule has 0 radical (unpaired) electrons. The van der Waals surface area contributed by atoms with Crippen LogP contribution in [-0.2, 0) is 29.0 Å².